The average Bonchev–Trinajstić information content (AvgIpc) is 2.36. The summed E-state index contributed by atoms with van der Waals surface area (Å²) in [5.74, 6) is 0.952. The van der Waals surface area contributed by atoms with Crippen molar-refractivity contribution in [2.45, 2.75) is 0 Å². The molecule has 0 aromatic heterocycles. The number of hydrogen-bond donors (Lipinski definition) is 0. The third-order valence-electron chi connectivity index (χ3n) is 2.17. The van der Waals surface area contributed by atoms with E-state index in [1.54, 1.807) is 30.3 Å². The maximum absolute atomic E-state index is 8.75. The van der Waals surface area contributed by atoms with Gasteiger partial charge in [-0.15, -0.1) is 0 Å². The molecule has 90 valence electrons. The number of nitriles is 1. The zero-order chi connectivity index (χ0) is 13.1. The average molecular weight is 343 g/mol. The van der Waals surface area contributed by atoms with Crippen LogP contribution in [0.2, 0.25) is 10.0 Å². The highest BCUT2D eigenvalue weighted by atomic mass is 79.9. The number of halogens is 3. The quantitative estimate of drug-likeness (QED) is 0.730. The minimum absolute atomic E-state index is 0.366. The molecular weight excluding hydrogens is 337 g/mol. The Morgan fingerprint density at radius 3 is 2.44 bits per heavy atom. The predicted octanol–water partition coefficient (Wildman–Crippen LogP) is 5.42. The lowest BCUT2D eigenvalue weighted by Crippen LogP contribution is -1.87. The summed E-state index contributed by atoms with van der Waals surface area (Å²) in [6.07, 6.45) is 0. The fourth-order valence-electron chi connectivity index (χ4n) is 1.33. The van der Waals surface area contributed by atoms with E-state index in [0.717, 1.165) is 4.47 Å². The van der Waals surface area contributed by atoms with Crippen molar-refractivity contribution in [3.8, 4) is 17.6 Å². The first-order valence-corrected chi connectivity index (χ1v) is 6.47. The van der Waals surface area contributed by atoms with Gasteiger partial charge in [-0.1, -0.05) is 39.1 Å². The van der Waals surface area contributed by atoms with E-state index in [9.17, 15) is 0 Å². The van der Waals surface area contributed by atoms with Gasteiger partial charge in [0, 0.05) is 4.47 Å². The van der Waals surface area contributed by atoms with Crippen molar-refractivity contribution in [1.82, 2.24) is 0 Å². The number of nitrogens with zero attached hydrogens (tertiary/aromatic N) is 1. The Labute approximate surface area is 123 Å². The molecule has 0 radical (unpaired) electrons. The summed E-state index contributed by atoms with van der Waals surface area (Å²) in [5.41, 5.74) is 0.479. The number of ether oxygens (including phenoxy) is 1. The van der Waals surface area contributed by atoms with Gasteiger partial charge < -0.3 is 4.74 Å². The summed E-state index contributed by atoms with van der Waals surface area (Å²) in [7, 11) is 0. The third-order valence-corrected chi connectivity index (χ3v) is 3.28. The molecule has 5 heteroatoms. The summed E-state index contributed by atoms with van der Waals surface area (Å²) >= 11 is 15.4. The minimum atomic E-state index is 0.366. The van der Waals surface area contributed by atoms with Gasteiger partial charge in [0.25, 0.3) is 0 Å². The molecule has 0 unspecified atom stereocenters. The Morgan fingerprint density at radius 1 is 1.00 bits per heavy atom. The molecular formula is C13H6BrCl2NO. The van der Waals surface area contributed by atoms with Gasteiger partial charge in [0.1, 0.15) is 11.5 Å². The van der Waals surface area contributed by atoms with Crippen molar-refractivity contribution >= 4 is 39.1 Å². The molecule has 0 amide bonds. The van der Waals surface area contributed by atoms with Crippen LogP contribution in [0.3, 0.4) is 0 Å². The van der Waals surface area contributed by atoms with Crippen molar-refractivity contribution in [2.75, 3.05) is 0 Å². The SMILES string of the molecule is N#Cc1ccc(Oc2cc(Br)ccc2Cl)c(Cl)c1. The zero-order valence-corrected chi connectivity index (χ0v) is 12.1. The molecule has 0 aliphatic rings. The Kier molecular flexibility index (Phi) is 4.13. The molecule has 0 fully saturated rings. The lowest BCUT2D eigenvalue weighted by Gasteiger charge is -2.09. The van der Waals surface area contributed by atoms with Crippen molar-refractivity contribution in [2.24, 2.45) is 0 Å². The van der Waals surface area contributed by atoms with Crippen LogP contribution in [-0.4, -0.2) is 0 Å². The second kappa shape index (κ2) is 5.62. The van der Waals surface area contributed by atoms with Gasteiger partial charge in [-0.3, -0.25) is 0 Å². The molecule has 0 atom stereocenters. The maximum atomic E-state index is 8.75. The van der Waals surface area contributed by atoms with Crippen molar-refractivity contribution in [3.05, 3.63) is 56.5 Å². The normalized spacial score (nSPS) is 9.89. The fraction of sp³-hybridized carbons (Fsp3) is 0. The molecule has 2 rings (SSSR count). The van der Waals surface area contributed by atoms with Gasteiger partial charge in [0.05, 0.1) is 21.7 Å². The third kappa shape index (κ3) is 2.97. The van der Waals surface area contributed by atoms with Crippen LogP contribution in [0.15, 0.2) is 40.9 Å². The molecule has 0 aliphatic carbocycles. The second-order valence-corrected chi connectivity index (χ2v) is 5.16. The molecule has 0 spiro atoms. The fourth-order valence-corrected chi connectivity index (χ4v) is 2.04. The van der Waals surface area contributed by atoms with Gasteiger partial charge in [0.15, 0.2) is 0 Å². The van der Waals surface area contributed by atoms with Crippen LogP contribution in [0.5, 0.6) is 11.5 Å². The zero-order valence-electron chi connectivity index (χ0n) is 8.95. The highest BCUT2D eigenvalue weighted by Crippen LogP contribution is 2.35. The predicted molar refractivity (Wildman–Crippen MR) is 75.4 cm³/mol. The monoisotopic (exact) mass is 341 g/mol. The van der Waals surface area contributed by atoms with E-state index in [4.69, 9.17) is 33.2 Å². The van der Waals surface area contributed by atoms with Crippen LogP contribution in [0.1, 0.15) is 5.56 Å². The molecule has 0 heterocycles. The molecule has 2 aromatic carbocycles. The van der Waals surface area contributed by atoms with Gasteiger partial charge >= 0.3 is 0 Å². The number of rotatable bonds is 2. The summed E-state index contributed by atoms with van der Waals surface area (Å²) < 4.78 is 6.47. The summed E-state index contributed by atoms with van der Waals surface area (Å²) in [5, 5.41) is 9.60. The van der Waals surface area contributed by atoms with E-state index in [2.05, 4.69) is 15.9 Å². The van der Waals surface area contributed by atoms with Crippen LogP contribution in [0, 0.1) is 11.3 Å². The van der Waals surface area contributed by atoms with Crippen LogP contribution in [0.4, 0.5) is 0 Å². The summed E-state index contributed by atoms with van der Waals surface area (Å²) in [6, 6.07) is 12.1. The molecule has 0 aliphatic heterocycles. The lowest BCUT2D eigenvalue weighted by atomic mass is 10.2. The van der Waals surface area contributed by atoms with Crippen LogP contribution < -0.4 is 4.74 Å². The van der Waals surface area contributed by atoms with Gasteiger partial charge in [-0.25, -0.2) is 0 Å². The van der Waals surface area contributed by atoms with E-state index in [1.165, 1.54) is 0 Å². The van der Waals surface area contributed by atoms with Crippen LogP contribution in [-0.2, 0) is 0 Å². The van der Waals surface area contributed by atoms with Crippen molar-refractivity contribution in [1.29, 1.82) is 5.26 Å². The number of benzene rings is 2. The number of hydrogen-bond acceptors (Lipinski definition) is 2. The topological polar surface area (TPSA) is 33.0 Å². The minimum Gasteiger partial charge on any atom is -0.454 e. The van der Waals surface area contributed by atoms with Crippen molar-refractivity contribution < 1.29 is 4.74 Å². The Hall–Kier alpha value is -1.21. The standard InChI is InChI=1S/C13H6BrCl2NO/c14-9-2-3-10(15)13(6-9)18-12-4-1-8(7-17)5-11(12)16/h1-6H. The Bertz CT molecular complexity index is 637. The van der Waals surface area contributed by atoms with E-state index in [1.807, 2.05) is 12.1 Å². The highest BCUT2D eigenvalue weighted by molar-refractivity contribution is 9.10. The molecule has 18 heavy (non-hydrogen) atoms. The first-order chi connectivity index (χ1) is 8.60. The first-order valence-electron chi connectivity index (χ1n) is 4.92. The Balaban J connectivity index is 2.34. The van der Waals surface area contributed by atoms with E-state index < -0.39 is 0 Å². The first kappa shape index (κ1) is 13.2. The highest BCUT2D eigenvalue weighted by Gasteiger charge is 2.08. The smallest absolute Gasteiger partial charge is 0.147 e. The second-order valence-electron chi connectivity index (χ2n) is 3.43. The van der Waals surface area contributed by atoms with Gasteiger partial charge in [-0.2, -0.15) is 5.26 Å². The van der Waals surface area contributed by atoms with Crippen molar-refractivity contribution in [3.63, 3.8) is 0 Å². The van der Waals surface area contributed by atoms with Crippen LogP contribution in [0.25, 0.3) is 0 Å². The van der Waals surface area contributed by atoms with Crippen LogP contribution >= 0.6 is 39.1 Å². The maximum Gasteiger partial charge on any atom is 0.147 e. The molecule has 2 aromatic rings. The molecule has 0 saturated carbocycles. The lowest BCUT2D eigenvalue weighted by molar-refractivity contribution is 0.483. The largest absolute Gasteiger partial charge is 0.454 e. The van der Waals surface area contributed by atoms with E-state index in [-0.39, 0.29) is 0 Å². The molecule has 0 bridgehead atoms. The molecule has 2 nitrogen and oxygen atoms in total. The molecule has 0 saturated heterocycles. The summed E-state index contributed by atoms with van der Waals surface area (Å²) in [6.45, 7) is 0. The van der Waals surface area contributed by atoms with Gasteiger partial charge in [0.2, 0.25) is 0 Å². The van der Waals surface area contributed by atoms with Gasteiger partial charge in [-0.05, 0) is 36.4 Å². The Morgan fingerprint density at radius 2 is 1.78 bits per heavy atom. The van der Waals surface area contributed by atoms with E-state index >= 15 is 0 Å². The van der Waals surface area contributed by atoms with E-state index in [0.29, 0.717) is 27.1 Å². The molecule has 0 N–H and O–H groups in total. The summed E-state index contributed by atoms with van der Waals surface area (Å²) in [4.78, 5) is 0.